The summed E-state index contributed by atoms with van der Waals surface area (Å²) >= 11 is 0. The van der Waals surface area contributed by atoms with Crippen molar-refractivity contribution in [1.82, 2.24) is 0 Å². The first kappa shape index (κ1) is 13.9. The van der Waals surface area contributed by atoms with Crippen LogP contribution in [0.15, 0.2) is 24.3 Å². The van der Waals surface area contributed by atoms with Crippen molar-refractivity contribution in [1.29, 1.82) is 5.26 Å². The lowest BCUT2D eigenvalue weighted by atomic mass is 9.86. The minimum absolute atomic E-state index is 0.147. The van der Waals surface area contributed by atoms with Crippen molar-refractivity contribution < 1.29 is 4.43 Å². The summed E-state index contributed by atoms with van der Waals surface area (Å²) in [4.78, 5) is 0. The molecule has 1 unspecified atom stereocenters. The number of nitrogens with zero attached hydrogens (tertiary/aromatic N) is 1. The lowest BCUT2D eigenvalue weighted by molar-refractivity contribution is 0.268. The molecule has 2 nitrogen and oxygen atoms in total. The largest absolute Gasteiger partial charge is 0.402 e. The first-order chi connectivity index (χ1) is 7.84. The van der Waals surface area contributed by atoms with E-state index in [0.717, 1.165) is 5.56 Å². The molecule has 0 aromatic heterocycles. The summed E-state index contributed by atoms with van der Waals surface area (Å²) in [6, 6.07) is 10.4. The molecule has 1 aromatic rings. The third-order valence-electron chi connectivity index (χ3n) is 2.60. The Morgan fingerprint density at radius 2 is 1.71 bits per heavy atom. The van der Waals surface area contributed by atoms with Gasteiger partial charge < -0.3 is 4.43 Å². The van der Waals surface area contributed by atoms with Gasteiger partial charge in [0.05, 0.1) is 6.07 Å². The Kier molecular flexibility index (Phi) is 4.50. The Morgan fingerprint density at radius 3 is 2.06 bits per heavy atom. The monoisotopic (exact) mass is 247 g/mol. The maximum Gasteiger partial charge on any atom is 0.173 e. The van der Waals surface area contributed by atoms with Crippen LogP contribution in [0.4, 0.5) is 0 Å². The molecule has 0 spiro atoms. The van der Waals surface area contributed by atoms with Crippen LogP contribution >= 0.6 is 0 Å². The number of rotatable bonds is 3. The zero-order chi connectivity index (χ0) is 13.1. The van der Waals surface area contributed by atoms with Crippen LogP contribution in [-0.4, -0.2) is 9.04 Å². The smallest absolute Gasteiger partial charge is 0.173 e. The molecule has 0 N–H and O–H groups in total. The van der Waals surface area contributed by atoms with Crippen LogP contribution in [0.1, 0.15) is 38.0 Å². The molecule has 0 heterocycles. The quantitative estimate of drug-likeness (QED) is 0.765. The summed E-state index contributed by atoms with van der Waals surface area (Å²) in [6.45, 7) is 10.7. The molecule has 0 saturated carbocycles. The zero-order valence-electron chi connectivity index (χ0n) is 11.3. The topological polar surface area (TPSA) is 33.0 Å². The number of benzene rings is 1. The normalized spacial score (nSPS) is 13.5. The standard InChI is InChI=1S/C14H21NOSi/c1-14(2,3)12-8-6-11(7-9-12)13(10-15)16-17(4)5/h6-9,13,17H,1-5H3. The number of hydrogen-bond acceptors (Lipinski definition) is 2. The van der Waals surface area contributed by atoms with E-state index in [-0.39, 0.29) is 5.41 Å². The highest BCUT2D eigenvalue weighted by atomic mass is 28.3. The lowest BCUT2D eigenvalue weighted by Crippen LogP contribution is -2.14. The van der Waals surface area contributed by atoms with Crippen molar-refractivity contribution in [3.8, 4) is 6.07 Å². The van der Waals surface area contributed by atoms with Crippen LogP contribution in [0.5, 0.6) is 0 Å². The SMILES string of the molecule is C[SiH](C)OC(C#N)c1ccc(C(C)(C)C)cc1. The molecule has 0 saturated heterocycles. The van der Waals surface area contributed by atoms with Gasteiger partial charge in [-0.25, -0.2) is 0 Å². The molecule has 0 bridgehead atoms. The van der Waals surface area contributed by atoms with Gasteiger partial charge in [0.1, 0.15) is 0 Å². The van der Waals surface area contributed by atoms with Crippen molar-refractivity contribution in [3.63, 3.8) is 0 Å². The third-order valence-corrected chi connectivity index (χ3v) is 3.42. The van der Waals surface area contributed by atoms with Gasteiger partial charge >= 0.3 is 0 Å². The molecule has 3 heteroatoms. The summed E-state index contributed by atoms with van der Waals surface area (Å²) < 4.78 is 5.69. The van der Waals surface area contributed by atoms with Crippen LogP contribution in [0.2, 0.25) is 13.1 Å². The second-order valence-electron chi connectivity index (χ2n) is 5.57. The molecule has 0 radical (unpaired) electrons. The fourth-order valence-electron chi connectivity index (χ4n) is 1.61. The predicted molar refractivity (Wildman–Crippen MR) is 73.5 cm³/mol. The fourth-order valence-corrected chi connectivity index (χ4v) is 2.38. The molecule has 1 rings (SSSR count). The van der Waals surface area contributed by atoms with E-state index >= 15 is 0 Å². The van der Waals surface area contributed by atoms with Crippen molar-refractivity contribution >= 4 is 9.04 Å². The first-order valence-corrected chi connectivity index (χ1v) is 8.78. The second kappa shape index (κ2) is 5.48. The molecule has 0 aliphatic heterocycles. The van der Waals surface area contributed by atoms with E-state index in [2.05, 4.69) is 52.1 Å². The molecule has 1 aromatic carbocycles. The van der Waals surface area contributed by atoms with Crippen molar-refractivity contribution in [3.05, 3.63) is 35.4 Å². The molecule has 92 valence electrons. The summed E-state index contributed by atoms with van der Waals surface area (Å²) in [5.41, 5.74) is 2.38. The van der Waals surface area contributed by atoms with Crippen molar-refractivity contribution in [2.75, 3.05) is 0 Å². The van der Waals surface area contributed by atoms with E-state index in [1.807, 2.05) is 12.1 Å². The van der Waals surface area contributed by atoms with Crippen LogP contribution in [0, 0.1) is 11.3 Å². The Morgan fingerprint density at radius 1 is 1.18 bits per heavy atom. The average Bonchev–Trinajstić information content (AvgIpc) is 2.24. The molecule has 1 atom stereocenters. The van der Waals surface area contributed by atoms with Gasteiger partial charge in [-0.1, -0.05) is 45.0 Å². The molecule has 17 heavy (non-hydrogen) atoms. The van der Waals surface area contributed by atoms with E-state index in [0.29, 0.717) is 0 Å². The van der Waals surface area contributed by atoms with Gasteiger partial charge in [-0.05, 0) is 29.6 Å². The van der Waals surface area contributed by atoms with Gasteiger partial charge in [-0.2, -0.15) is 5.26 Å². The third kappa shape index (κ3) is 3.99. The molecule has 0 amide bonds. The van der Waals surface area contributed by atoms with Gasteiger partial charge in [0.25, 0.3) is 0 Å². The summed E-state index contributed by atoms with van der Waals surface area (Å²) in [5.74, 6) is 0. The molecular weight excluding hydrogens is 226 g/mol. The Labute approximate surface area is 106 Å². The molecule has 0 aliphatic carbocycles. The summed E-state index contributed by atoms with van der Waals surface area (Å²) in [7, 11) is -1.18. The van der Waals surface area contributed by atoms with E-state index in [1.165, 1.54) is 5.56 Å². The number of nitriles is 1. The van der Waals surface area contributed by atoms with Gasteiger partial charge in [0.15, 0.2) is 15.1 Å². The highest BCUT2D eigenvalue weighted by Gasteiger charge is 2.16. The van der Waals surface area contributed by atoms with Gasteiger partial charge in [-0.3, -0.25) is 0 Å². The highest BCUT2D eigenvalue weighted by molar-refractivity contribution is 6.48. The average molecular weight is 247 g/mol. The van der Waals surface area contributed by atoms with Crippen LogP contribution in [-0.2, 0) is 9.84 Å². The van der Waals surface area contributed by atoms with E-state index in [4.69, 9.17) is 9.69 Å². The highest BCUT2D eigenvalue weighted by Crippen LogP contribution is 2.25. The van der Waals surface area contributed by atoms with Gasteiger partial charge in [0.2, 0.25) is 0 Å². The summed E-state index contributed by atoms with van der Waals surface area (Å²) in [5, 5.41) is 9.10. The Bertz CT molecular complexity index is 398. The molecule has 0 fully saturated rings. The lowest BCUT2D eigenvalue weighted by Gasteiger charge is -2.20. The van der Waals surface area contributed by atoms with Gasteiger partial charge in [0, 0.05) is 0 Å². The molecular formula is C14H21NOSi. The minimum atomic E-state index is -1.18. The van der Waals surface area contributed by atoms with Crippen LogP contribution in [0.3, 0.4) is 0 Å². The zero-order valence-corrected chi connectivity index (χ0v) is 12.5. The van der Waals surface area contributed by atoms with Crippen molar-refractivity contribution in [2.45, 2.75) is 45.4 Å². The van der Waals surface area contributed by atoms with E-state index in [9.17, 15) is 0 Å². The first-order valence-electron chi connectivity index (χ1n) is 6.00. The predicted octanol–water partition coefficient (Wildman–Crippen LogP) is 3.55. The van der Waals surface area contributed by atoms with Crippen molar-refractivity contribution in [2.24, 2.45) is 0 Å². The minimum Gasteiger partial charge on any atom is -0.402 e. The Balaban J connectivity index is 2.90. The van der Waals surface area contributed by atoms with Crippen LogP contribution < -0.4 is 0 Å². The number of hydrogen-bond donors (Lipinski definition) is 0. The summed E-state index contributed by atoms with van der Waals surface area (Å²) in [6.07, 6.45) is -0.407. The fraction of sp³-hybridized carbons (Fsp3) is 0.500. The maximum atomic E-state index is 9.10. The second-order valence-corrected chi connectivity index (χ2v) is 7.94. The maximum absolute atomic E-state index is 9.10. The Hall–Kier alpha value is -1.11. The van der Waals surface area contributed by atoms with Crippen LogP contribution in [0.25, 0.3) is 0 Å². The van der Waals surface area contributed by atoms with Gasteiger partial charge in [-0.15, -0.1) is 0 Å². The van der Waals surface area contributed by atoms with E-state index in [1.54, 1.807) is 0 Å². The van der Waals surface area contributed by atoms with E-state index < -0.39 is 15.1 Å². The molecule has 0 aliphatic rings.